The maximum absolute atomic E-state index is 11.9. The van der Waals surface area contributed by atoms with Gasteiger partial charge in [-0.15, -0.1) is 0 Å². The Morgan fingerprint density at radius 2 is 1.94 bits per heavy atom. The van der Waals surface area contributed by atoms with E-state index in [0.717, 1.165) is 5.56 Å². The third-order valence-corrected chi connectivity index (χ3v) is 2.72. The fraction of sp³-hybridized carbons (Fsp3) is 0.385. The maximum Gasteiger partial charge on any atom is 0.369 e. The predicted molar refractivity (Wildman–Crippen MR) is 63.8 cm³/mol. The molecule has 5 heteroatoms. The molecule has 0 radical (unpaired) electrons. The lowest BCUT2D eigenvalue weighted by molar-refractivity contribution is -0.905. The first-order chi connectivity index (χ1) is 8.03. The van der Waals surface area contributed by atoms with Crippen LogP contribution in [0.25, 0.3) is 0 Å². The van der Waals surface area contributed by atoms with Crippen molar-refractivity contribution in [2.75, 3.05) is 27.7 Å². The Labute approximate surface area is 118 Å². The Hall–Kier alpha value is -1.38. The minimum atomic E-state index is -0.471. The average Bonchev–Trinajstić information content (AvgIpc) is 2.30. The summed E-state index contributed by atoms with van der Waals surface area (Å²) in [7, 11) is 5.06. The van der Waals surface area contributed by atoms with Gasteiger partial charge in [0.25, 0.3) is 0 Å². The smallest absolute Gasteiger partial charge is 0.369 e. The third-order valence-electron chi connectivity index (χ3n) is 2.72. The molecule has 0 saturated heterocycles. The minimum absolute atomic E-state index is 0. The molecule has 0 saturated carbocycles. The molecule has 18 heavy (non-hydrogen) atoms. The van der Waals surface area contributed by atoms with Gasteiger partial charge >= 0.3 is 5.97 Å². The van der Waals surface area contributed by atoms with E-state index in [0.29, 0.717) is 0 Å². The molecule has 1 aromatic carbocycles. The summed E-state index contributed by atoms with van der Waals surface area (Å²) in [6.07, 6.45) is 0. The number of nitrogens with zero attached hydrogens (tertiary/aromatic N) is 2. The number of methoxy groups -OCH3 is 1. The van der Waals surface area contributed by atoms with Crippen LogP contribution in [0, 0.1) is 11.3 Å². The van der Waals surface area contributed by atoms with E-state index in [1.165, 1.54) is 7.11 Å². The van der Waals surface area contributed by atoms with Gasteiger partial charge in [-0.05, 0) is 0 Å². The van der Waals surface area contributed by atoms with Gasteiger partial charge in [0.2, 0.25) is 6.04 Å². The SMILES string of the molecule is COC(=O)C(c1ccccc1)[N+](C)(C)CC#N.[Br-]. The van der Waals surface area contributed by atoms with Crippen LogP contribution in [0.1, 0.15) is 11.6 Å². The van der Waals surface area contributed by atoms with Gasteiger partial charge in [-0.1, -0.05) is 30.3 Å². The van der Waals surface area contributed by atoms with Crippen molar-refractivity contribution in [2.24, 2.45) is 0 Å². The van der Waals surface area contributed by atoms with E-state index >= 15 is 0 Å². The Balaban J connectivity index is 0.00000289. The number of ether oxygens (including phenoxy) is 1. The van der Waals surface area contributed by atoms with Gasteiger partial charge in [0.1, 0.15) is 6.07 Å². The quantitative estimate of drug-likeness (QED) is 0.386. The van der Waals surface area contributed by atoms with E-state index < -0.39 is 6.04 Å². The van der Waals surface area contributed by atoms with Crippen LogP contribution in [0.4, 0.5) is 0 Å². The molecule has 1 unspecified atom stereocenters. The molecule has 0 aromatic heterocycles. The number of nitriles is 1. The summed E-state index contributed by atoms with van der Waals surface area (Å²) in [4.78, 5) is 11.9. The largest absolute Gasteiger partial charge is 1.00 e. The van der Waals surface area contributed by atoms with Crippen LogP contribution >= 0.6 is 0 Å². The topological polar surface area (TPSA) is 50.1 Å². The van der Waals surface area contributed by atoms with Crippen LogP contribution in [0.3, 0.4) is 0 Å². The van der Waals surface area contributed by atoms with E-state index in [-0.39, 0.29) is 34.0 Å². The number of rotatable bonds is 4. The summed E-state index contributed by atoms with van der Waals surface area (Å²) < 4.78 is 5.09. The highest BCUT2D eigenvalue weighted by Gasteiger charge is 2.37. The van der Waals surface area contributed by atoms with Crippen LogP contribution in [0.2, 0.25) is 0 Å². The highest BCUT2D eigenvalue weighted by atomic mass is 79.9. The van der Waals surface area contributed by atoms with Gasteiger partial charge in [0, 0.05) is 5.56 Å². The van der Waals surface area contributed by atoms with Crippen molar-refractivity contribution in [1.82, 2.24) is 0 Å². The maximum atomic E-state index is 11.9. The molecule has 0 bridgehead atoms. The first-order valence-corrected chi connectivity index (χ1v) is 5.35. The lowest BCUT2D eigenvalue weighted by atomic mass is 10.0. The fourth-order valence-corrected chi connectivity index (χ4v) is 1.85. The number of hydrogen-bond donors (Lipinski definition) is 0. The summed E-state index contributed by atoms with van der Waals surface area (Å²) in [6.45, 7) is 0.245. The molecular formula is C13H17BrN2O2. The number of carbonyl (C=O) groups excluding carboxylic acids is 1. The molecule has 0 heterocycles. The third kappa shape index (κ3) is 3.83. The zero-order valence-electron chi connectivity index (χ0n) is 10.8. The second kappa shape index (κ2) is 7.14. The van der Waals surface area contributed by atoms with Gasteiger partial charge in [0.15, 0.2) is 6.54 Å². The van der Waals surface area contributed by atoms with Gasteiger partial charge in [0.05, 0.1) is 21.2 Å². The summed E-state index contributed by atoms with van der Waals surface area (Å²) in [5.74, 6) is -0.323. The normalized spacial score (nSPS) is 11.9. The number of quaternary nitrogens is 1. The van der Waals surface area contributed by atoms with Crippen molar-refractivity contribution in [2.45, 2.75) is 6.04 Å². The van der Waals surface area contributed by atoms with E-state index in [4.69, 9.17) is 10.00 Å². The minimum Gasteiger partial charge on any atom is -1.00 e. The van der Waals surface area contributed by atoms with Crippen LogP contribution in [-0.4, -0.2) is 38.2 Å². The number of esters is 1. The molecule has 0 aliphatic heterocycles. The van der Waals surface area contributed by atoms with Crippen molar-refractivity contribution in [3.05, 3.63) is 35.9 Å². The number of halogens is 1. The summed E-state index contributed by atoms with van der Waals surface area (Å²) in [5.41, 5.74) is 0.861. The van der Waals surface area contributed by atoms with Gasteiger partial charge < -0.3 is 26.2 Å². The molecule has 4 nitrogen and oxygen atoms in total. The number of benzene rings is 1. The number of carbonyl (C=O) groups is 1. The van der Waals surface area contributed by atoms with Crippen molar-refractivity contribution in [3.8, 4) is 6.07 Å². The zero-order chi connectivity index (χ0) is 12.9. The van der Waals surface area contributed by atoms with Crippen molar-refractivity contribution in [1.29, 1.82) is 5.26 Å². The molecule has 1 rings (SSSR count). The van der Waals surface area contributed by atoms with Crippen molar-refractivity contribution in [3.63, 3.8) is 0 Å². The van der Waals surface area contributed by atoms with Gasteiger partial charge in [-0.25, -0.2) is 4.79 Å². The molecule has 1 aromatic rings. The van der Waals surface area contributed by atoms with Crippen LogP contribution in [0.15, 0.2) is 30.3 Å². The summed E-state index contributed by atoms with van der Waals surface area (Å²) in [6, 6.07) is 11.0. The van der Waals surface area contributed by atoms with Crippen LogP contribution in [0.5, 0.6) is 0 Å². The van der Waals surface area contributed by atoms with E-state index in [2.05, 4.69) is 6.07 Å². The average molecular weight is 313 g/mol. The number of likely N-dealkylation sites (N-methyl/N-ethyl adjacent to an activating group) is 1. The molecule has 98 valence electrons. The first kappa shape index (κ1) is 16.6. The molecule has 1 atom stereocenters. The fourth-order valence-electron chi connectivity index (χ4n) is 1.85. The van der Waals surface area contributed by atoms with Crippen LogP contribution in [-0.2, 0) is 9.53 Å². The molecule has 0 amide bonds. The monoisotopic (exact) mass is 312 g/mol. The lowest BCUT2D eigenvalue weighted by Crippen LogP contribution is -3.00. The molecule has 0 fully saturated rings. The van der Waals surface area contributed by atoms with Gasteiger partial charge in [-0.3, -0.25) is 0 Å². The Kier molecular flexibility index (Phi) is 6.60. The highest BCUT2D eigenvalue weighted by molar-refractivity contribution is 5.76. The van der Waals surface area contributed by atoms with E-state index in [9.17, 15) is 4.79 Å². The Morgan fingerprint density at radius 3 is 2.39 bits per heavy atom. The summed E-state index contributed by atoms with van der Waals surface area (Å²) in [5, 5.41) is 8.83. The molecule has 0 aliphatic rings. The number of hydrogen-bond acceptors (Lipinski definition) is 3. The standard InChI is InChI=1S/C13H17N2O2.BrH/c1-15(2,10-9-14)12(13(16)17-3)11-7-5-4-6-8-11;/h4-8,12H,10H2,1-3H3;1H/q+1;/p-1. The molecular weight excluding hydrogens is 296 g/mol. The lowest BCUT2D eigenvalue weighted by Gasteiger charge is -2.34. The Morgan fingerprint density at radius 1 is 1.39 bits per heavy atom. The Bertz CT molecular complexity index is 426. The van der Waals surface area contributed by atoms with Crippen molar-refractivity contribution >= 4 is 5.97 Å². The molecule has 0 spiro atoms. The molecule has 0 aliphatic carbocycles. The molecule has 0 N–H and O–H groups in total. The van der Waals surface area contributed by atoms with E-state index in [1.54, 1.807) is 0 Å². The second-order valence-corrected chi connectivity index (χ2v) is 4.43. The first-order valence-electron chi connectivity index (χ1n) is 5.35. The zero-order valence-corrected chi connectivity index (χ0v) is 12.3. The van der Waals surface area contributed by atoms with Crippen molar-refractivity contribution < 1.29 is 31.0 Å². The van der Waals surface area contributed by atoms with E-state index in [1.807, 2.05) is 44.4 Å². The predicted octanol–water partition coefficient (Wildman–Crippen LogP) is -1.50. The highest BCUT2D eigenvalue weighted by Crippen LogP contribution is 2.25. The van der Waals surface area contributed by atoms with Crippen LogP contribution < -0.4 is 17.0 Å². The second-order valence-electron chi connectivity index (χ2n) is 4.43. The van der Waals surface area contributed by atoms with Gasteiger partial charge in [-0.2, -0.15) is 5.26 Å². The summed E-state index contributed by atoms with van der Waals surface area (Å²) >= 11 is 0.